The van der Waals surface area contributed by atoms with Crippen molar-refractivity contribution in [2.24, 2.45) is 0 Å². The second-order valence-corrected chi connectivity index (χ2v) is 6.49. The molecule has 1 aliphatic heterocycles. The van der Waals surface area contributed by atoms with Crippen molar-refractivity contribution in [2.75, 3.05) is 32.7 Å². The highest BCUT2D eigenvalue weighted by Gasteiger charge is 2.25. The van der Waals surface area contributed by atoms with Crippen LogP contribution in [0.25, 0.3) is 10.9 Å². The number of amides is 1. The van der Waals surface area contributed by atoms with Crippen LogP contribution in [-0.2, 0) is 6.54 Å². The highest BCUT2D eigenvalue weighted by molar-refractivity contribution is 5.98. The van der Waals surface area contributed by atoms with Gasteiger partial charge in [-0.05, 0) is 25.5 Å². The van der Waals surface area contributed by atoms with Gasteiger partial charge in [0.05, 0.1) is 6.10 Å². The number of aromatic nitrogens is 1. The fourth-order valence-electron chi connectivity index (χ4n) is 3.45. The highest BCUT2D eigenvalue weighted by Crippen LogP contribution is 2.21. The second kappa shape index (κ2) is 7.36. The van der Waals surface area contributed by atoms with E-state index in [1.807, 2.05) is 30.0 Å². The van der Waals surface area contributed by atoms with Crippen LogP contribution in [-0.4, -0.2) is 64.2 Å². The Morgan fingerprint density at radius 1 is 1.17 bits per heavy atom. The van der Waals surface area contributed by atoms with Gasteiger partial charge in [0, 0.05) is 50.2 Å². The molecule has 1 aliphatic rings. The normalized spacial score (nSPS) is 17.4. The monoisotopic (exact) mass is 329 g/mol. The molecule has 0 bridgehead atoms. The van der Waals surface area contributed by atoms with E-state index in [1.165, 1.54) is 0 Å². The molecule has 5 nitrogen and oxygen atoms in total. The highest BCUT2D eigenvalue weighted by atomic mass is 16.3. The molecule has 130 valence electrons. The van der Waals surface area contributed by atoms with Gasteiger partial charge in [0.1, 0.15) is 5.69 Å². The number of aliphatic hydroxyl groups is 1. The Hall–Kier alpha value is -1.85. The number of rotatable bonds is 5. The first kappa shape index (κ1) is 17.0. The Bertz CT molecular complexity index is 702. The molecule has 0 saturated carbocycles. The number of β-amino-alcohol motifs (C(OH)–C–C–N with tert-alkyl or cyclic N) is 1. The zero-order valence-electron chi connectivity index (χ0n) is 14.6. The van der Waals surface area contributed by atoms with Crippen molar-refractivity contribution in [1.82, 2.24) is 14.4 Å². The number of hydrogen-bond donors (Lipinski definition) is 1. The number of benzene rings is 1. The summed E-state index contributed by atoms with van der Waals surface area (Å²) in [7, 11) is 0. The third-order valence-electron chi connectivity index (χ3n) is 4.95. The number of hydrogen-bond acceptors (Lipinski definition) is 3. The first-order valence-electron chi connectivity index (χ1n) is 8.92. The molecule has 5 heteroatoms. The van der Waals surface area contributed by atoms with E-state index in [9.17, 15) is 9.90 Å². The molecule has 1 saturated heterocycles. The van der Waals surface area contributed by atoms with Gasteiger partial charge in [0.25, 0.3) is 5.91 Å². The maximum Gasteiger partial charge on any atom is 0.270 e. The van der Waals surface area contributed by atoms with Crippen LogP contribution in [0.3, 0.4) is 0 Å². The fraction of sp³-hybridized carbons (Fsp3) is 0.526. The summed E-state index contributed by atoms with van der Waals surface area (Å²) in [5, 5.41) is 10.9. The van der Waals surface area contributed by atoms with E-state index in [2.05, 4.69) is 28.5 Å². The summed E-state index contributed by atoms with van der Waals surface area (Å²) < 4.78 is 2.10. The number of fused-ring (bicyclic) bond motifs is 1. The lowest BCUT2D eigenvalue weighted by atomic mass is 10.2. The van der Waals surface area contributed by atoms with E-state index in [0.717, 1.165) is 55.7 Å². The van der Waals surface area contributed by atoms with E-state index in [-0.39, 0.29) is 12.0 Å². The maximum atomic E-state index is 13.0. The molecule has 1 aromatic heterocycles. The van der Waals surface area contributed by atoms with Crippen molar-refractivity contribution in [2.45, 2.75) is 32.9 Å². The quantitative estimate of drug-likeness (QED) is 0.915. The minimum atomic E-state index is -0.269. The lowest BCUT2D eigenvalue weighted by Crippen LogP contribution is -2.50. The average Bonchev–Trinajstić information content (AvgIpc) is 3.00. The number of aryl methyl sites for hydroxylation is 1. The molecule has 2 aromatic rings. The van der Waals surface area contributed by atoms with Gasteiger partial charge in [-0.25, -0.2) is 0 Å². The Labute approximate surface area is 143 Å². The van der Waals surface area contributed by atoms with E-state index in [0.29, 0.717) is 6.54 Å². The Kier molecular flexibility index (Phi) is 5.21. The summed E-state index contributed by atoms with van der Waals surface area (Å²) in [5.74, 6) is 0.115. The van der Waals surface area contributed by atoms with Crippen LogP contribution in [0, 0.1) is 0 Å². The van der Waals surface area contributed by atoms with Crippen LogP contribution >= 0.6 is 0 Å². The van der Waals surface area contributed by atoms with Gasteiger partial charge in [-0.3, -0.25) is 9.69 Å². The van der Waals surface area contributed by atoms with Crippen molar-refractivity contribution in [3.63, 3.8) is 0 Å². The van der Waals surface area contributed by atoms with Gasteiger partial charge in [-0.15, -0.1) is 0 Å². The molecular weight excluding hydrogens is 302 g/mol. The standard InChI is InChI=1S/C19H27N3O2/c1-3-16(23)14-20-9-11-21(12-10-20)19(24)18-13-15-7-5-6-8-17(15)22(18)4-2/h5-8,13,16,23H,3-4,9-12,14H2,1-2H3/t16-/m1/s1. The van der Waals surface area contributed by atoms with Crippen molar-refractivity contribution in [1.29, 1.82) is 0 Å². The average molecular weight is 329 g/mol. The van der Waals surface area contributed by atoms with Crippen LogP contribution in [0.2, 0.25) is 0 Å². The Morgan fingerprint density at radius 3 is 2.54 bits per heavy atom. The van der Waals surface area contributed by atoms with E-state index in [1.54, 1.807) is 0 Å². The Balaban J connectivity index is 1.72. The minimum absolute atomic E-state index is 0.115. The van der Waals surface area contributed by atoms with Crippen LogP contribution in [0.5, 0.6) is 0 Å². The molecule has 0 spiro atoms. The first-order valence-corrected chi connectivity index (χ1v) is 8.92. The smallest absolute Gasteiger partial charge is 0.270 e. The summed E-state index contributed by atoms with van der Waals surface area (Å²) in [6, 6.07) is 10.2. The number of para-hydroxylation sites is 1. The van der Waals surface area contributed by atoms with E-state index >= 15 is 0 Å². The molecule has 3 rings (SSSR count). The molecule has 24 heavy (non-hydrogen) atoms. The van der Waals surface area contributed by atoms with E-state index in [4.69, 9.17) is 0 Å². The number of carbonyl (C=O) groups excluding carboxylic acids is 1. The topological polar surface area (TPSA) is 48.7 Å². The van der Waals surface area contributed by atoms with Gasteiger partial charge < -0.3 is 14.6 Å². The molecule has 0 aliphatic carbocycles. The van der Waals surface area contributed by atoms with Gasteiger partial charge >= 0.3 is 0 Å². The summed E-state index contributed by atoms with van der Waals surface area (Å²) in [5.41, 5.74) is 1.90. The zero-order chi connectivity index (χ0) is 17.1. The lowest BCUT2D eigenvalue weighted by molar-refractivity contribution is 0.0516. The second-order valence-electron chi connectivity index (χ2n) is 6.49. The number of carbonyl (C=O) groups is 1. The van der Waals surface area contributed by atoms with Crippen molar-refractivity contribution in [3.8, 4) is 0 Å². The molecule has 2 heterocycles. The molecular formula is C19H27N3O2. The fourth-order valence-corrected chi connectivity index (χ4v) is 3.45. The maximum absolute atomic E-state index is 13.0. The molecule has 1 amide bonds. The molecule has 1 N–H and O–H groups in total. The van der Waals surface area contributed by atoms with Crippen molar-refractivity contribution < 1.29 is 9.90 Å². The van der Waals surface area contributed by atoms with Crippen LogP contribution < -0.4 is 0 Å². The number of nitrogens with zero attached hydrogens (tertiary/aromatic N) is 3. The minimum Gasteiger partial charge on any atom is -0.392 e. The largest absolute Gasteiger partial charge is 0.392 e. The lowest BCUT2D eigenvalue weighted by Gasteiger charge is -2.35. The van der Waals surface area contributed by atoms with Crippen LogP contribution in [0.15, 0.2) is 30.3 Å². The van der Waals surface area contributed by atoms with Gasteiger partial charge in [-0.2, -0.15) is 0 Å². The first-order chi connectivity index (χ1) is 11.6. The summed E-state index contributed by atoms with van der Waals surface area (Å²) >= 11 is 0. The Morgan fingerprint density at radius 2 is 1.88 bits per heavy atom. The summed E-state index contributed by atoms with van der Waals surface area (Å²) in [4.78, 5) is 17.2. The van der Waals surface area contributed by atoms with E-state index < -0.39 is 0 Å². The van der Waals surface area contributed by atoms with Crippen molar-refractivity contribution >= 4 is 16.8 Å². The zero-order valence-corrected chi connectivity index (χ0v) is 14.6. The van der Waals surface area contributed by atoms with Crippen LogP contribution in [0.1, 0.15) is 30.8 Å². The van der Waals surface area contributed by atoms with Crippen molar-refractivity contribution in [3.05, 3.63) is 36.0 Å². The van der Waals surface area contributed by atoms with Gasteiger partial charge in [0.15, 0.2) is 0 Å². The summed E-state index contributed by atoms with van der Waals surface area (Å²) in [6.45, 7) is 8.66. The number of piperazine rings is 1. The molecule has 1 fully saturated rings. The van der Waals surface area contributed by atoms with Crippen LogP contribution in [0.4, 0.5) is 0 Å². The van der Waals surface area contributed by atoms with Gasteiger partial charge in [-0.1, -0.05) is 25.1 Å². The summed E-state index contributed by atoms with van der Waals surface area (Å²) in [6.07, 6.45) is 0.505. The molecule has 1 atom stereocenters. The molecule has 0 unspecified atom stereocenters. The third-order valence-corrected chi connectivity index (χ3v) is 4.95. The molecule has 0 radical (unpaired) electrons. The van der Waals surface area contributed by atoms with Gasteiger partial charge in [0.2, 0.25) is 0 Å². The number of aliphatic hydroxyl groups excluding tert-OH is 1. The SMILES string of the molecule is CC[C@@H](O)CN1CCN(C(=O)c2cc3ccccc3n2CC)CC1. The predicted molar refractivity (Wildman–Crippen MR) is 96.3 cm³/mol. The molecule has 1 aromatic carbocycles. The third kappa shape index (κ3) is 3.32. The predicted octanol–water partition coefficient (Wildman–Crippen LogP) is 2.19.